The van der Waals surface area contributed by atoms with Crippen LogP contribution < -0.4 is 10.6 Å². The molecule has 0 radical (unpaired) electrons. The summed E-state index contributed by atoms with van der Waals surface area (Å²) in [4.78, 5) is 11.9. The van der Waals surface area contributed by atoms with Crippen LogP contribution in [0.1, 0.15) is 41.0 Å². The standard InChI is InChI=1S/C13H24N6O2/c1-6-19-10(16-17-18-19)15-11(20)14-8-9-7-12(2,3)21-13(9,4)5/h9H,6-8H2,1-5H3,(H2,14,15,16,18,20)/t9-/m1/s1. The van der Waals surface area contributed by atoms with Crippen LogP contribution in [0.3, 0.4) is 0 Å². The van der Waals surface area contributed by atoms with Gasteiger partial charge in [-0.3, -0.25) is 5.32 Å². The lowest BCUT2D eigenvalue weighted by molar-refractivity contribution is -0.0740. The number of carbonyl (C=O) groups is 1. The number of hydrogen-bond donors (Lipinski definition) is 2. The third-order valence-electron chi connectivity index (χ3n) is 3.83. The molecule has 8 nitrogen and oxygen atoms in total. The SMILES string of the molecule is CCn1nnnc1NC(=O)NC[C@H]1CC(C)(C)OC1(C)C. The summed E-state index contributed by atoms with van der Waals surface area (Å²) in [7, 11) is 0. The van der Waals surface area contributed by atoms with Gasteiger partial charge in [0.05, 0.1) is 11.2 Å². The molecule has 2 rings (SSSR count). The van der Waals surface area contributed by atoms with E-state index in [1.165, 1.54) is 4.68 Å². The van der Waals surface area contributed by atoms with Crippen molar-refractivity contribution in [1.82, 2.24) is 25.5 Å². The molecule has 8 heteroatoms. The molecule has 0 saturated carbocycles. The lowest BCUT2D eigenvalue weighted by Gasteiger charge is -2.27. The number of aryl methyl sites for hydroxylation is 1. The van der Waals surface area contributed by atoms with Crippen LogP contribution in [0.2, 0.25) is 0 Å². The van der Waals surface area contributed by atoms with Crippen molar-refractivity contribution in [3.63, 3.8) is 0 Å². The summed E-state index contributed by atoms with van der Waals surface area (Å²) < 4.78 is 7.53. The summed E-state index contributed by atoms with van der Waals surface area (Å²) in [5.74, 6) is 0.609. The van der Waals surface area contributed by atoms with Gasteiger partial charge in [0.2, 0.25) is 0 Å². The van der Waals surface area contributed by atoms with Crippen LogP contribution in [0.25, 0.3) is 0 Å². The van der Waals surface area contributed by atoms with Crippen LogP contribution in [-0.4, -0.2) is 44.0 Å². The van der Waals surface area contributed by atoms with Crippen molar-refractivity contribution < 1.29 is 9.53 Å². The zero-order valence-corrected chi connectivity index (χ0v) is 13.3. The molecule has 1 atom stereocenters. The third-order valence-corrected chi connectivity index (χ3v) is 3.83. The molecule has 1 aliphatic heterocycles. The first-order valence-corrected chi connectivity index (χ1v) is 7.25. The molecule has 0 spiro atoms. The Morgan fingerprint density at radius 3 is 2.71 bits per heavy atom. The van der Waals surface area contributed by atoms with E-state index in [2.05, 4.69) is 53.9 Å². The van der Waals surface area contributed by atoms with Crippen LogP contribution in [0.15, 0.2) is 0 Å². The maximum Gasteiger partial charge on any atom is 0.321 e. The van der Waals surface area contributed by atoms with Gasteiger partial charge in [-0.1, -0.05) is 5.10 Å². The van der Waals surface area contributed by atoms with E-state index in [0.29, 0.717) is 19.0 Å². The minimum absolute atomic E-state index is 0.154. The fourth-order valence-electron chi connectivity index (χ4n) is 2.86. The number of urea groups is 1. The molecule has 21 heavy (non-hydrogen) atoms. The Morgan fingerprint density at radius 2 is 2.14 bits per heavy atom. The molecule has 1 aliphatic rings. The number of ether oxygens (including phenoxy) is 1. The monoisotopic (exact) mass is 296 g/mol. The Kier molecular flexibility index (Phi) is 4.18. The minimum Gasteiger partial charge on any atom is -0.369 e. The fourth-order valence-corrected chi connectivity index (χ4v) is 2.86. The van der Waals surface area contributed by atoms with E-state index in [0.717, 1.165) is 6.42 Å². The van der Waals surface area contributed by atoms with Gasteiger partial charge in [-0.25, -0.2) is 9.48 Å². The van der Waals surface area contributed by atoms with E-state index in [9.17, 15) is 4.79 Å². The van der Waals surface area contributed by atoms with Gasteiger partial charge in [-0.15, -0.1) is 0 Å². The number of nitrogens with zero attached hydrogens (tertiary/aromatic N) is 4. The quantitative estimate of drug-likeness (QED) is 0.876. The van der Waals surface area contributed by atoms with E-state index in [4.69, 9.17) is 4.74 Å². The minimum atomic E-state index is -0.306. The van der Waals surface area contributed by atoms with Gasteiger partial charge in [-0.2, -0.15) is 0 Å². The number of carbonyl (C=O) groups excluding carboxylic acids is 1. The largest absolute Gasteiger partial charge is 0.369 e. The number of aromatic nitrogens is 4. The first-order chi connectivity index (χ1) is 9.73. The average Bonchev–Trinajstić information content (AvgIpc) is 2.87. The van der Waals surface area contributed by atoms with Gasteiger partial charge < -0.3 is 10.1 Å². The van der Waals surface area contributed by atoms with Gasteiger partial charge in [-0.05, 0) is 51.5 Å². The average molecular weight is 296 g/mol. The van der Waals surface area contributed by atoms with E-state index in [1.807, 2.05) is 6.92 Å². The molecule has 118 valence electrons. The Hall–Kier alpha value is -1.70. The molecular weight excluding hydrogens is 272 g/mol. The van der Waals surface area contributed by atoms with E-state index in [-0.39, 0.29) is 23.2 Å². The number of anilines is 1. The van der Waals surface area contributed by atoms with Gasteiger partial charge in [0.15, 0.2) is 0 Å². The number of tetrazole rings is 1. The van der Waals surface area contributed by atoms with Crippen LogP contribution in [0.5, 0.6) is 0 Å². The molecule has 1 aromatic heterocycles. The van der Waals surface area contributed by atoms with E-state index >= 15 is 0 Å². The van der Waals surface area contributed by atoms with Gasteiger partial charge in [0, 0.05) is 19.0 Å². The Labute approximate surface area is 124 Å². The number of rotatable bonds is 4. The summed E-state index contributed by atoms with van der Waals surface area (Å²) in [6, 6.07) is -0.306. The summed E-state index contributed by atoms with van der Waals surface area (Å²) in [5.41, 5.74) is -0.402. The zero-order chi connectivity index (χ0) is 15.7. The second-order valence-electron chi connectivity index (χ2n) is 6.52. The molecule has 1 fully saturated rings. The summed E-state index contributed by atoms with van der Waals surface area (Å²) >= 11 is 0. The van der Waals surface area contributed by atoms with Crippen molar-refractivity contribution in [3.8, 4) is 0 Å². The predicted molar refractivity (Wildman–Crippen MR) is 77.9 cm³/mol. The highest BCUT2D eigenvalue weighted by Crippen LogP contribution is 2.41. The van der Waals surface area contributed by atoms with E-state index < -0.39 is 0 Å². The number of nitrogens with one attached hydrogen (secondary N) is 2. The Morgan fingerprint density at radius 1 is 1.43 bits per heavy atom. The van der Waals surface area contributed by atoms with Gasteiger partial charge >= 0.3 is 6.03 Å². The van der Waals surface area contributed by atoms with Gasteiger partial charge in [0.1, 0.15) is 0 Å². The second kappa shape index (κ2) is 5.59. The van der Waals surface area contributed by atoms with Gasteiger partial charge in [0.25, 0.3) is 5.95 Å². The molecule has 0 aromatic carbocycles. The van der Waals surface area contributed by atoms with Crippen molar-refractivity contribution in [2.24, 2.45) is 5.92 Å². The van der Waals surface area contributed by atoms with Crippen molar-refractivity contribution >= 4 is 12.0 Å². The third kappa shape index (κ3) is 3.69. The lowest BCUT2D eigenvalue weighted by Crippen LogP contribution is -2.39. The van der Waals surface area contributed by atoms with Crippen molar-refractivity contribution in [1.29, 1.82) is 0 Å². The Bertz CT molecular complexity index is 511. The summed E-state index contributed by atoms with van der Waals surface area (Å²) in [5, 5.41) is 16.6. The molecule has 0 unspecified atom stereocenters. The molecule has 1 aromatic rings. The smallest absolute Gasteiger partial charge is 0.321 e. The van der Waals surface area contributed by atoms with Crippen LogP contribution in [0.4, 0.5) is 10.7 Å². The highest BCUT2D eigenvalue weighted by molar-refractivity contribution is 5.87. The number of hydrogen-bond acceptors (Lipinski definition) is 5. The molecule has 2 N–H and O–H groups in total. The lowest BCUT2D eigenvalue weighted by atomic mass is 9.87. The zero-order valence-electron chi connectivity index (χ0n) is 13.3. The molecule has 0 aliphatic carbocycles. The molecule has 0 bridgehead atoms. The molecule has 2 heterocycles. The van der Waals surface area contributed by atoms with E-state index in [1.54, 1.807) is 0 Å². The summed E-state index contributed by atoms with van der Waals surface area (Å²) in [6.07, 6.45) is 0.910. The van der Waals surface area contributed by atoms with Crippen LogP contribution in [0, 0.1) is 5.92 Å². The Balaban J connectivity index is 1.87. The number of amides is 2. The first kappa shape index (κ1) is 15.7. The highest BCUT2D eigenvalue weighted by atomic mass is 16.5. The van der Waals surface area contributed by atoms with Crippen LogP contribution in [-0.2, 0) is 11.3 Å². The normalized spacial score (nSPS) is 23.0. The molecule has 2 amide bonds. The molecule has 1 saturated heterocycles. The van der Waals surface area contributed by atoms with Crippen molar-refractivity contribution in [3.05, 3.63) is 0 Å². The second-order valence-corrected chi connectivity index (χ2v) is 6.52. The predicted octanol–water partition coefficient (Wildman–Crippen LogP) is 1.41. The highest BCUT2D eigenvalue weighted by Gasteiger charge is 2.45. The fraction of sp³-hybridized carbons (Fsp3) is 0.846. The maximum absolute atomic E-state index is 11.9. The first-order valence-electron chi connectivity index (χ1n) is 7.25. The molecular formula is C13H24N6O2. The maximum atomic E-state index is 11.9. The van der Waals surface area contributed by atoms with Crippen LogP contribution >= 0.6 is 0 Å². The summed E-state index contributed by atoms with van der Waals surface area (Å²) in [6.45, 7) is 11.3. The van der Waals surface area contributed by atoms with Crippen molar-refractivity contribution in [2.75, 3.05) is 11.9 Å². The van der Waals surface area contributed by atoms with Crippen molar-refractivity contribution in [2.45, 2.75) is 58.8 Å². The topological polar surface area (TPSA) is 94.0 Å².